The average Bonchev–Trinajstić information content (AvgIpc) is 3.44. The number of benzene rings is 1. The van der Waals surface area contributed by atoms with Crippen molar-refractivity contribution in [2.45, 2.75) is 39.0 Å². The standard InChI is InChI=1S/C24H27F2N7O2/c1-14-27-20-5-4-16(12-21(20)32(14)11-8-25)17-6-10-33-22(17)23(35-3)29-24(30-33)28-19-7-9-31(15(2)34)13-18(19)26/h4-6,10,12,18-19H,7-9,11,13H2,1-3H3,(H,28,30)/t18-,19+/m1/s1/i2D3. The van der Waals surface area contributed by atoms with Crippen molar-refractivity contribution < 1.29 is 22.4 Å². The molecule has 35 heavy (non-hydrogen) atoms. The number of anilines is 1. The second-order valence-corrected chi connectivity index (χ2v) is 8.48. The van der Waals surface area contributed by atoms with Crippen molar-refractivity contribution in [2.24, 2.45) is 0 Å². The third kappa shape index (κ3) is 4.15. The number of rotatable bonds is 6. The van der Waals surface area contributed by atoms with E-state index in [1.165, 1.54) is 7.11 Å². The number of halogens is 2. The van der Waals surface area contributed by atoms with Gasteiger partial charge in [-0.25, -0.2) is 18.3 Å². The van der Waals surface area contributed by atoms with Gasteiger partial charge in [0.1, 0.15) is 24.2 Å². The molecular formula is C24H27F2N7O2. The number of ether oxygens (including phenoxy) is 1. The molecule has 11 heteroatoms. The summed E-state index contributed by atoms with van der Waals surface area (Å²) in [4.78, 5) is 22.0. The molecule has 0 unspecified atom stereocenters. The van der Waals surface area contributed by atoms with Gasteiger partial charge in [0, 0.05) is 29.3 Å². The molecule has 4 heterocycles. The first-order valence-corrected chi connectivity index (χ1v) is 11.3. The number of carbonyl (C=O) groups is 1. The molecule has 0 saturated carbocycles. The fraction of sp³-hybridized carbons (Fsp3) is 0.417. The van der Waals surface area contributed by atoms with E-state index in [0.29, 0.717) is 5.52 Å². The number of amides is 1. The van der Waals surface area contributed by atoms with E-state index in [1.807, 2.05) is 35.8 Å². The highest BCUT2D eigenvalue weighted by Crippen LogP contribution is 2.33. The zero-order chi connectivity index (χ0) is 27.2. The maximum atomic E-state index is 14.9. The highest BCUT2D eigenvalue weighted by Gasteiger charge is 2.31. The van der Waals surface area contributed by atoms with Gasteiger partial charge in [-0.1, -0.05) is 6.07 Å². The Kier molecular flexibility index (Phi) is 5.09. The third-order valence-corrected chi connectivity index (χ3v) is 6.37. The number of likely N-dealkylation sites (tertiary alicyclic amines) is 1. The second kappa shape index (κ2) is 9.12. The summed E-state index contributed by atoms with van der Waals surface area (Å²) in [6.07, 6.45) is 0.416. The van der Waals surface area contributed by atoms with Crippen molar-refractivity contribution in [1.29, 1.82) is 0 Å². The van der Waals surface area contributed by atoms with Gasteiger partial charge in [0.25, 0.3) is 0 Å². The van der Waals surface area contributed by atoms with Crippen LogP contribution in [0.25, 0.3) is 27.7 Å². The number of fused-ring (bicyclic) bond motifs is 2. The molecule has 1 N–H and O–H groups in total. The summed E-state index contributed by atoms with van der Waals surface area (Å²) in [5.74, 6) is 0.0696. The number of aryl methyl sites for hydroxylation is 2. The molecule has 9 nitrogen and oxygen atoms in total. The minimum Gasteiger partial charge on any atom is -0.479 e. The molecule has 1 fully saturated rings. The van der Waals surface area contributed by atoms with Crippen LogP contribution < -0.4 is 10.1 Å². The van der Waals surface area contributed by atoms with E-state index in [9.17, 15) is 13.6 Å². The van der Waals surface area contributed by atoms with Crippen molar-refractivity contribution in [1.82, 2.24) is 29.0 Å². The fourth-order valence-corrected chi connectivity index (χ4v) is 4.62. The predicted octanol–water partition coefficient (Wildman–Crippen LogP) is 3.40. The molecule has 1 saturated heterocycles. The fourth-order valence-electron chi connectivity index (χ4n) is 4.62. The molecule has 3 aromatic heterocycles. The number of carbonyl (C=O) groups excluding carboxylic acids is 1. The number of hydrogen-bond acceptors (Lipinski definition) is 6. The van der Waals surface area contributed by atoms with Gasteiger partial charge in [0.15, 0.2) is 0 Å². The van der Waals surface area contributed by atoms with Gasteiger partial charge in [-0.3, -0.25) is 4.79 Å². The molecular weight excluding hydrogens is 456 g/mol. The number of nitrogens with zero attached hydrogens (tertiary/aromatic N) is 6. The Labute approximate surface area is 204 Å². The van der Waals surface area contributed by atoms with Crippen molar-refractivity contribution >= 4 is 28.4 Å². The van der Waals surface area contributed by atoms with Gasteiger partial charge in [0.2, 0.25) is 17.7 Å². The van der Waals surface area contributed by atoms with Crippen LogP contribution in [0.15, 0.2) is 30.5 Å². The Hall–Kier alpha value is -3.76. The Bertz CT molecular complexity index is 1500. The molecule has 4 aromatic rings. The Morgan fingerprint density at radius 2 is 2.20 bits per heavy atom. The number of nitrogens with one attached hydrogen (secondary N) is 1. The number of methoxy groups -OCH3 is 1. The monoisotopic (exact) mass is 486 g/mol. The highest BCUT2D eigenvalue weighted by molar-refractivity contribution is 5.90. The van der Waals surface area contributed by atoms with E-state index in [0.717, 1.165) is 32.9 Å². The maximum absolute atomic E-state index is 14.9. The quantitative estimate of drug-likeness (QED) is 0.449. The van der Waals surface area contributed by atoms with Gasteiger partial charge < -0.3 is 19.5 Å². The number of hydrogen-bond donors (Lipinski definition) is 1. The molecule has 5 rings (SSSR count). The minimum absolute atomic E-state index is 0.100. The van der Waals surface area contributed by atoms with E-state index in [-0.39, 0.29) is 37.9 Å². The Balaban J connectivity index is 1.42. The van der Waals surface area contributed by atoms with Crippen LogP contribution in [0.2, 0.25) is 0 Å². The normalized spacial score (nSPS) is 20.0. The highest BCUT2D eigenvalue weighted by atomic mass is 19.1. The first kappa shape index (κ1) is 19.5. The third-order valence-electron chi connectivity index (χ3n) is 6.37. The summed E-state index contributed by atoms with van der Waals surface area (Å²) in [5, 5.41) is 7.44. The summed E-state index contributed by atoms with van der Waals surface area (Å²) >= 11 is 0. The summed E-state index contributed by atoms with van der Waals surface area (Å²) in [7, 11) is 1.47. The molecule has 1 amide bonds. The number of imidazole rings is 1. The molecule has 184 valence electrons. The topological polar surface area (TPSA) is 89.6 Å². The van der Waals surface area contributed by atoms with Gasteiger partial charge in [-0.15, -0.1) is 5.10 Å². The van der Waals surface area contributed by atoms with Crippen LogP contribution in [0.1, 0.15) is 23.2 Å². The SMILES string of the molecule is [2H]C([2H])([2H])C(=O)N1CC[C@H](Nc2nc(OC)c3c(-c4ccc5nc(C)n(CCF)c5c4)ccn3n2)[C@H](F)C1. The van der Waals surface area contributed by atoms with Crippen LogP contribution >= 0.6 is 0 Å². The molecule has 1 aliphatic rings. The van der Waals surface area contributed by atoms with Crippen molar-refractivity contribution in [3.63, 3.8) is 0 Å². The number of aromatic nitrogens is 5. The molecule has 0 spiro atoms. The van der Waals surface area contributed by atoms with Crippen molar-refractivity contribution in [3.8, 4) is 17.0 Å². The Morgan fingerprint density at radius 3 is 2.94 bits per heavy atom. The van der Waals surface area contributed by atoms with Crippen LogP contribution in [-0.4, -0.2) is 74.0 Å². The first-order chi connectivity index (χ1) is 18.1. The van der Waals surface area contributed by atoms with E-state index in [2.05, 4.69) is 20.4 Å². The zero-order valence-corrected chi connectivity index (χ0v) is 19.3. The average molecular weight is 487 g/mol. The lowest BCUT2D eigenvalue weighted by atomic mass is 10.0. The van der Waals surface area contributed by atoms with Gasteiger partial charge in [-0.2, -0.15) is 4.98 Å². The molecule has 1 aliphatic heterocycles. The lowest BCUT2D eigenvalue weighted by Gasteiger charge is -2.34. The number of piperidine rings is 1. The summed E-state index contributed by atoms with van der Waals surface area (Å²) < 4.78 is 58.8. The zero-order valence-electron chi connectivity index (χ0n) is 22.3. The van der Waals surface area contributed by atoms with E-state index >= 15 is 0 Å². The molecule has 0 bridgehead atoms. The lowest BCUT2D eigenvalue weighted by molar-refractivity contribution is -0.131. The smallest absolute Gasteiger partial charge is 0.244 e. The van der Waals surface area contributed by atoms with Crippen molar-refractivity contribution in [2.75, 3.05) is 32.2 Å². The Morgan fingerprint density at radius 1 is 1.34 bits per heavy atom. The van der Waals surface area contributed by atoms with Gasteiger partial charge in [-0.05, 0) is 37.1 Å². The maximum Gasteiger partial charge on any atom is 0.244 e. The summed E-state index contributed by atoms with van der Waals surface area (Å²) in [6.45, 7) is -1.48. The molecule has 1 aromatic carbocycles. The van der Waals surface area contributed by atoms with Crippen LogP contribution in [0.3, 0.4) is 0 Å². The minimum atomic E-state index is -2.80. The van der Waals surface area contributed by atoms with Crippen molar-refractivity contribution in [3.05, 3.63) is 36.3 Å². The van der Waals surface area contributed by atoms with E-state index < -0.39 is 31.6 Å². The molecule has 0 radical (unpaired) electrons. The second-order valence-electron chi connectivity index (χ2n) is 8.48. The van der Waals surface area contributed by atoms with E-state index in [1.54, 1.807) is 10.7 Å². The molecule has 0 aliphatic carbocycles. The summed E-state index contributed by atoms with van der Waals surface area (Å²) in [5.41, 5.74) is 3.82. The van der Waals surface area contributed by atoms with Crippen LogP contribution in [0.4, 0.5) is 14.7 Å². The lowest BCUT2D eigenvalue weighted by Crippen LogP contribution is -2.49. The van der Waals surface area contributed by atoms with Gasteiger partial charge >= 0.3 is 0 Å². The predicted molar refractivity (Wildman–Crippen MR) is 128 cm³/mol. The molecule has 2 atom stereocenters. The van der Waals surface area contributed by atoms with Gasteiger partial charge in [0.05, 0.1) is 37.3 Å². The largest absolute Gasteiger partial charge is 0.479 e. The van der Waals surface area contributed by atoms with Crippen LogP contribution in [0.5, 0.6) is 5.88 Å². The van der Waals surface area contributed by atoms with Crippen LogP contribution in [0, 0.1) is 6.92 Å². The number of alkyl halides is 2. The van der Waals surface area contributed by atoms with Crippen LogP contribution in [-0.2, 0) is 11.3 Å². The first-order valence-electron chi connectivity index (χ1n) is 12.8. The van der Waals surface area contributed by atoms with E-state index in [4.69, 9.17) is 8.85 Å². The summed E-state index contributed by atoms with van der Waals surface area (Å²) in [6, 6.07) is 6.88.